The standard InChI is InChI=1S/C14H21N3O2/c1-19-10-12-5-6-17(9-12)8-11-3-2-4-13(7-11)14(18)16-15/h2-4,7,12H,5-6,8-10,15H2,1H3,(H,16,18). The molecule has 1 amide bonds. The maximum Gasteiger partial charge on any atom is 0.265 e. The number of nitrogens with zero attached hydrogens (tertiary/aromatic N) is 1. The molecule has 1 aliphatic heterocycles. The predicted molar refractivity (Wildman–Crippen MR) is 73.4 cm³/mol. The number of ether oxygens (including phenoxy) is 1. The number of hydrogen-bond donors (Lipinski definition) is 2. The summed E-state index contributed by atoms with van der Waals surface area (Å²) in [5, 5.41) is 0. The molecule has 0 spiro atoms. The molecule has 0 aromatic heterocycles. The minimum Gasteiger partial charge on any atom is -0.384 e. The third-order valence-corrected chi connectivity index (χ3v) is 3.50. The SMILES string of the molecule is COCC1CCN(Cc2cccc(C(=O)NN)c2)C1. The largest absolute Gasteiger partial charge is 0.384 e. The molecule has 1 saturated heterocycles. The van der Waals surface area contributed by atoms with E-state index in [0.717, 1.165) is 31.8 Å². The molecule has 0 aliphatic carbocycles. The van der Waals surface area contributed by atoms with Crippen LogP contribution in [0.25, 0.3) is 0 Å². The van der Waals surface area contributed by atoms with Crippen molar-refractivity contribution in [2.24, 2.45) is 11.8 Å². The summed E-state index contributed by atoms with van der Waals surface area (Å²) >= 11 is 0. The van der Waals surface area contributed by atoms with Gasteiger partial charge in [-0.05, 0) is 36.6 Å². The second kappa shape index (κ2) is 6.65. The number of benzene rings is 1. The highest BCUT2D eigenvalue weighted by atomic mass is 16.5. The van der Waals surface area contributed by atoms with Crippen LogP contribution in [0.15, 0.2) is 24.3 Å². The van der Waals surface area contributed by atoms with Gasteiger partial charge in [-0.1, -0.05) is 12.1 Å². The monoisotopic (exact) mass is 263 g/mol. The fourth-order valence-corrected chi connectivity index (χ4v) is 2.58. The van der Waals surface area contributed by atoms with Gasteiger partial charge in [-0.25, -0.2) is 5.84 Å². The number of amides is 1. The van der Waals surface area contributed by atoms with E-state index >= 15 is 0 Å². The van der Waals surface area contributed by atoms with E-state index in [-0.39, 0.29) is 5.91 Å². The molecule has 1 aliphatic rings. The average Bonchev–Trinajstić information content (AvgIpc) is 2.86. The maximum atomic E-state index is 11.5. The van der Waals surface area contributed by atoms with Crippen molar-refractivity contribution in [3.63, 3.8) is 0 Å². The summed E-state index contributed by atoms with van der Waals surface area (Å²) in [5.74, 6) is 5.52. The number of carbonyl (C=O) groups is 1. The van der Waals surface area contributed by atoms with Gasteiger partial charge in [0.2, 0.25) is 0 Å². The highest BCUT2D eigenvalue weighted by Gasteiger charge is 2.22. The van der Waals surface area contributed by atoms with Crippen molar-refractivity contribution in [1.82, 2.24) is 10.3 Å². The van der Waals surface area contributed by atoms with Crippen LogP contribution in [-0.2, 0) is 11.3 Å². The molecular formula is C14H21N3O2. The summed E-state index contributed by atoms with van der Waals surface area (Å²) in [7, 11) is 1.75. The van der Waals surface area contributed by atoms with Gasteiger partial charge in [0.15, 0.2) is 0 Å². The topological polar surface area (TPSA) is 67.6 Å². The first-order chi connectivity index (χ1) is 9.22. The molecule has 0 radical (unpaired) electrons. The number of nitrogens with two attached hydrogens (primary N) is 1. The molecule has 0 saturated carbocycles. The first-order valence-electron chi connectivity index (χ1n) is 6.54. The summed E-state index contributed by atoms with van der Waals surface area (Å²) in [4.78, 5) is 13.9. The van der Waals surface area contributed by atoms with Gasteiger partial charge in [0, 0.05) is 25.8 Å². The van der Waals surface area contributed by atoms with Crippen LogP contribution in [0.2, 0.25) is 0 Å². The number of carbonyl (C=O) groups excluding carboxylic acids is 1. The van der Waals surface area contributed by atoms with Crippen LogP contribution in [0.3, 0.4) is 0 Å². The Bertz CT molecular complexity index is 436. The zero-order chi connectivity index (χ0) is 13.7. The molecule has 1 atom stereocenters. The van der Waals surface area contributed by atoms with Crippen LogP contribution in [0.5, 0.6) is 0 Å². The van der Waals surface area contributed by atoms with Crippen LogP contribution >= 0.6 is 0 Å². The molecule has 1 heterocycles. The van der Waals surface area contributed by atoms with Gasteiger partial charge >= 0.3 is 0 Å². The molecule has 1 fully saturated rings. The van der Waals surface area contributed by atoms with E-state index in [2.05, 4.69) is 10.3 Å². The van der Waals surface area contributed by atoms with Gasteiger partial charge in [0.1, 0.15) is 0 Å². The van der Waals surface area contributed by atoms with Gasteiger partial charge in [0.25, 0.3) is 5.91 Å². The first-order valence-corrected chi connectivity index (χ1v) is 6.54. The third kappa shape index (κ3) is 3.76. The Morgan fingerprint density at radius 3 is 3.16 bits per heavy atom. The second-order valence-corrected chi connectivity index (χ2v) is 5.02. The smallest absolute Gasteiger partial charge is 0.265 e. The van der Waals surface area contributed by atoms with Crippen molar-refractivity contribution in [2.75, 3.05) is 26.8 Å². The van der Waals surface area contributed by atoms with Gasteiger partial charge < -0.3 is 4.74 Å². The van der Waals surface area contributed by atoms with Crippen LogP contribution in [-0.4, -0.2) is 37.6 Å². The Balaban J connectivity index is 1.94. The highest BCUT2D eigenvalue weighted by Crippen LogP contribution is 2.19. The molecule has 104 valence electrons. The first kappa shape index (κ1) is 14.0. The number of likely N-dealkylation sites (tertiary alicyclic amines) is 1. The minimum absolute atomic E-state index is 0.250. The third-order valence-electron chi connectivity index (χ3n) is 3.50. The minimum atomic E-state index is -0.250. The number of hydrazine groups is 1. The van der Waals surface area contributed by atoms with Crippen LogP contribution < -0.4 is 11.3 Å². The molecule has 5 nitrogen and oxygen atoms in total. The molecular weight excluding hydrogens is 242 g/mol. The van der Waals surface area contributed by atoms with Gasteiger partial charge in [0.05, 0.1) is 6.61 Å². The molecule has 5 heteroatoms. The van der Waals surface area contributed by atoms with E-state index in [0.29, 0.717) is 11.5 Å². The lowest BCUT2D eigenvalue weighted by Crippen LogP contribution is -2.30. The quantitative estimate of drug-likeness (QED) is 0.467. The number of methoxy groups -OCH3 is 1. The lowest BCUT2D eigenvalue weighted by Gasteiger charge is -2.16. The second-order valence-electron chi connectivity index (χ2n) is 5.02. The van der Waals surface area contributed by atoms with Crippen molar-refractivity contribution >= 4 is 5.91 Å². The van der Waals surface area contributed by atoms with Crippen molar-refractivity contribution in [3.8, 4) is 0 Å². The highest BCUT2D eigenvalue weighted by molar-refractivity contribution is 5.93. The summed E-state index contributed by atoms with van der Waals surface area (Å²) in [6.07, 6.45) is 1.18. The van der Waals surface area contributed by atoms with E-state index in [9.17, 15) is 4.79 Å². The number of rotatable bonds is 5. The summed E-state index contributed by atoms with van der Waals surface area (Å²) < 4.78 is 5.20. The Morgan fingerprint density at radius 1 is 1.58 bits per heavy atom. The number of nitrogen functional groups attached to an aromatic ring is 1. The molecule has 1 aromatic carbocycles. The lowest BCUT2D eigenvalue weighted by molar-refractivity contribution is 0.0953. The molecule has 19 heavy (non-hydrogen) atoms. The van der Waals surface area contributed by atoms with E-state index in [1.807, 2.05) is 18.2 Å². The van der Waals surface area contributed by atoms with Crippen LogP contribution in [0.4, 0.5) is 0 Å². The molecule has 3 N–H and O–H groups in total. The van der Waals surface area contributed by atoms with Gasteiger partial charge in [-0.3, -0.25) is 15.1 Å². The molecule has 2 rings (SSSR count). The molecule has 0 bridgehead atoms. The van der Waals surface area contributed by atoms with Gasteiger partial charge in [-0.2, -0.15) is 0 Å². The molecule has 1 unspecified atom stereocenters. The fraction of sp³-hybridized carbons (Fsp3) is 0.500. The van der Waals surface area contributed by atoms with Crippen LogP contribution in [0, 0.1) is 5.92 Å². The zero-order valence-corrected chi connectivity index (χ0v) is 11.3. The molecule has 1 aromatic rings. The van der Waals surface area contributed by atoms with E-state index < -0.39 is 0 Å². The Morgan fingerprint density at radius 2 is 2.42 bits per heavy atom. The summed E-state index contributed by atoms with van der Waals surface area (Å²) in [5.41, 5.74) is 3.90. The normalized spacial score (nSPS) is 19.6. The summed E-state index contributed by atoms with van der Waals surface area (Å²) in [6.45, 7) is 3.83. The van der Waals surface area contributed by atoms with Crippen LogP contribution in [0.1, 0.15) is 22.3 Å². The van der Waals surface area contributed by atoms with Gasteiger partial charge in [-0.15, -0.1) is 0 Å². The Kier molecular flexibility index (Phi) is 4.90. The van der Waals surface area contributed by atoms with E-state index in [1.165, 1.54) is 6.42 Å². The maximum absolute atomic E-state index is 11.5. The van der Waals surface area contributed by atoms with Crippen molar-refractivity contribution in [1.29, 1.82) is 0 Å². The zero-order valence-electron chi connectivity index (χ0n) is 11.3. The number of hydrogen-bond acceptors (Lipinski definition) is 4. The van der Waals surface area contributed by atoms with E-state index in [1.54, 1.807) is 13.2 Å². The van der Waals surface area contributed by atoms with Crippen molar-refractivity contribution in [3.05, 3.63) is 35.4 Å². The van der Waals surface area contributed by atoms with Crippen molar-refractivity contribution < 1.29 is 9.53 Å². The fourth-order valence-electron chi connectivity index (χ4n) is 2.58. The lowest BCUT2D eigenvalue weighted by atomic mass is 10.1. The summed E-state index contributed by atoms with van der Waals surface area (Å²) in [6, 6.07) is 7.59. The number of nitrogens with one attached hydrogen (secondary N) is 1. The predicted octanol–water partition coefficient (Wildman–Crippen LogP) is 0.758. The average molecular weight is 263 g/mol. The Labute approximate surface area is 113 Å². The van der Waals surface area contributed by atoms with E-state index in [4.69, 9.17) is 10.6 Å². The van der Waals surface area contributed by atoms with Crippen molar-refractivity contribution in [2.45, 2.75) is 13.0 Å². The Hall–Kier alpha value is -1.43.